The van der Waals surface area contributed by atoms with Gasteiger partial charge in [0.15, 0.2) is 0 Å². The number of rotatable bonds is 3. The number of aromatic amines is 1. The van der Waals surface area contributed by atoms with E-state index in [4.69, 9.17) is 5.10 Å². The molecule has 3 atom stereocenters. The van der Waals surface area contributed by atoms with Gasteiger partial charge < -0.3 is 9.88 Å². The van der Waals surface area contributed by atoms with E-state index in [1.54, 1.807) is 5.56 Å². The van der Waals surface area contributed by atoms with E-state index in [0.717, 1.165) is 25.2 Å². The van der Waals surface area contributed by atoms with Crippen LogP contribution in [0.1, 0.15) is 29.2 Å². The summed E-state index contributed by atoms with van der Waals surface area (Å²) in [6, 6.07) is 20.1. The Balaban J connectivity index is 1.29. The Morgan fingerprint density at radius 3 is 2.83 bits per heavy atom. The van der Waals surface area contributed by atoms with Crippen molar-refractivity contribution in [3.8, 4) is 11.3 Å². The van der Waals surface area contributed by atoms with E-state index in [1.165, 1.54) is 34.1 Å². The van der Waals surface area contributed by atoms with Crippen LogP contribution in [-0.4, -0.2) is 39.3 Å². The van der Waals surface area contributed by atoms with Crippen LogP contribution in [0, 0.1) is 12.8 Å². The van der Waals surface area contributed by atoms with Gasteiger partial charge in [0.2, 0.25) is 0 Å². The lowest BCUT2D eigenvalue weighted by atomic mass is 9.72. The van der Waals surface area contributed by atoms with Crippen molar-refractivity contribution in [1.29, 1.82) is 0 Å². The van der Waals surface area contributed by atoms with Crippen molar-refractivity contribution in [2.45, 2.75) is 38.3 Å². The van der Waals surface area contributed by atoms with E-state index in [9.17, 15) is 0 Å². The van der Waals surface area contributed by atoms with E-state index in [0.29, 0.717) is 17.9 Å². The molecular formula is C26H28N4. The van der Waals surface area contributed by atoms with Gasteiger partial charge in [0.1, 0.15) is 0 Å². The molecule has 0 spiro atoms. The predicted octanol–water partition coefficient (Wildman–Crippen LogP) is 5.00. The van der Waals surface area contributed by atoms with E-state index >= 15 is 0 Å². The number of aromatic nitrogens is 3. The molecule has 0 radical (unpaired) electrons. The van der Waals surface area contributed by atoms with Crippen LogP contribution in [-0.2, 0) is 13.0 Å². The van der Waals surface area contributed by atoms with Crippen LogP contribution in [0.4, 0.5) is 0 Å². The summed E-state index contributed by atoms with van der Waals surface area (Å²) in [5.74, 6) is 1.21. The zero-order valence-electron chi connectivity index (χ0n) is 17.7. The van der Waals surface area contributed by atoms with Gasteiger partial charge in [-0.15, -0.1) is 0 Å². The minimum Gasteiger partial charge on any atom is -0.361 e. The molecule has 0 saturated carbocycles. The number of hydrogen-bond donors (Lipinski definition) is 1. The van der Waals surface area contributed by atoms with Crippen LogP contribution in [0.25, 0.3) is 22.2 Å². The first-order chi connectivity index (χ1) is 14.7. The highest BCUT2D eigenvalue weighted by molar-refractivity contribution is 5.88. The molecule has 1 aliphatic heterocycles. The van der Waals surface area contributed by atoms with Crippen LogP contribution >= 0.6 is 0 Å². The second kappa shape index (κ2) is 6.85. The maximum Gasteiger partial charge on any atom is 0.0925 e. The second-order valence-electron chi connectivity index (χ2n) is 9.22. The van der Waals surface area contributed by atoms with Crippen molar-refractivity contribution in [2.24, 2.45) is 5.92 Å². The first-order valence-electron chi connectivity index (χ1n) is 11.1. The third-order valence-corrected chi connectivity index (χ3v) is 7.29. The largest absolute Gasteiger partial charge is 0.361 e. The Kier molecular flexibility index (Phi) is 4.10. The van der Waals surface area contributed by atoms with Gasteiger partial charge in [0.05, 0.1) is 5.69 Å². The molecule has 4 aromatic rings. The zero-order valence-corrected chi connectivity index (χ0v) is 17.7. The number of fused-ring (bicyclic) bond motifs is 2. The summed E-state index contributed by atoms with van der Waals surface area (Å²) >= 11 is 0. The fourth-order valence-corrected chi connectivity index (χ4v) is 5.88. The number of aryl methyl sites for hydroxylation is 1. The molecule has 2 aromatic carbocycles. The monoisotopic (exact) mass is 396 g/mol. The molecule has 4 nitrogen and oxygen atoms in total. The van der Waals surface area contributed by atoms with Gasteiger partial charge >= 0.3 is 0 Å². The van der Waals surface area contributed by atoms with Crippen molar-refractivity contribution >= 4 is 10.9 Å². The molecule has 6 rings (SSSR count). The van der Waals surface area contributed by atoms with Crippen LogP contribution in [0.3, 0.4) is 0 Å². The van der Waals surface area contributed by atoms with Crippen molar-refractivity contribution in [3.63, 3.8) is 0 Å². The Morgan fingerprint density at radius 2 is 1.97 bits per heavy atom. The van der Waals surface area contributed by atoms with E-state index < -0.39 is 0 Å². The summed E-state index contributed by atoms with van der Waals surface area (Å²) in [6.45, 7) is 4.31. The lowest BCUT2D eigenvalue weighted by Crippen LogP contribution is -2.48. The zero-order chi connectivity index (χ0) is 20.2. The molecular weight excluding hydrogens is 368 g/mol. The smallest absolute Gasteiger partial charge is 0.0925 e. The van der Waals surface area contributed by atoms with Gasteiger partial charge in [0.25, 0.3) is 0 Å². The topological polar surface area (TPSA) is 36.9 Å². The van der Waals surface area contributed by atoms with Crippen molar-refractivity contribution < 1.29 is 0 Å². The normalized spacial score (nSPS) is 23.6. The molecule has 2 aromatic heterocycles. The Labute approximate surface area is 177 Å². The van der Waals surface area contributed by atoms with Crippen LogP contribution in [0.5, 0.6) is 0 Å². The van der Waals surface area contributed by atoms with E-state index in [1.807, 2.05) is 0 Å². The summed E-state index contributed by atoms with van der Waals surface area (Å²) < 4.78 is 2.23. The lowest BCUT2D eigenvalue weighted by Gasteiger charge is -2.45. The van der Waals surface area contributed by atoms with E-state index in [2.05, 4.69) is 89.3 Å². The van der Waals surface area contributed by atoms with Gasteiger partial charge in [0, 0.05) is 53.4 Å². The minimum absolute atomic E-state index is 0.602. The minimum atomic E-state index is 0.602. The average Bonchev–Trinajstić information content (AvgIpc) is 3.34. The summed E-state index contributed by atoms with van der Waals surface area (Å²) in [7, 11) is 2.31. The Bertz CT molecular complexity index is 1200. The highest BCUT2D eigenvalue weighted by atomic mass is 15.3. The number of nitrogens with zero attached hydrogens (tertiary/aromatic N) is 3. The molecule has 0 amide bonds. The van der Waals surface area contributed by atoms with E-state index in [-0.39, 0.29) is 0 Å². The molecule has 1 fully saturated rings. The fourth-order valence-electron chi connectivity index (χ4n) is 5.88. The average molecular weight is 397 g/mol. The molecule has 2 aliphatic rings. The predicted molar refractivity (Wildman–Crippen MR) is 122 cm³/mol. The number of H-pyrrole nitrogens is 1. The summed E-state index contributed by atoms with van der Waals surface area (Å²) in [4.78, 5) is 6.09. The number of benzene rings is 2. The van der Waals surface area contributed by atoms with Gasteiger partial charge in [-0.05, 0) is 56.0 Å². The lowest BCUT2D eigenvalue weighted by molar-refractivity contribution is 0.101. The van der Waals surface area contributed by atoms with Crippen LogP contribution in [0.15, 0.2) is 60.8 Å². The molecule has 1 unspecified atom stereocenters. The van der Waals surface area contributed by atoms with Gasteiger partial charge in [-0.25, -0.2) is 0 Å². The van der Waals surface area contributed by atoms with Gasteiger partial charge in [-0.3, -0.25) is 4.68 Å². The number of nitrogens with one attached hydrogen (secondary N) is 1. The highest BCUT2D eigenvalue weighted by Crippen LogP contribution is 2.44. The number of hydrogen-bond acceptors (Lipinski definition) is 2. The van der Waals surface area contributed by atoms with Gasteiger partial charge in [-0.2, -0.15) is 5.10 Å². The summed E-state index contributed by atoms with van der Waals surface area (Å²) in [5, 5.41) is 6.44. The maximum atomic E-state index is 4.96. The third kappa shape index (κ3) is 2.82. The summed E-state index contributed by atoms with van der Waals surface area (Å²) in [6.07, 6.45) is 4.62. The number of likely N-dealkylation sites (tertiary alicyclic amines) is 1. The quantitative estimate of drug-likeness (QED) is 0.529. The van der Waals surface area contributed by atoms with Crippen LogP contribution in [0.2, 0.25) is 0 Å². The Hall–Kier alpha value is -2.85. The standard InChI is InChI=1S/C26H28N4/c1-17-11-24(19-7-4-3-5-8-19)28-30(17)16-18-12-22-21-9-6-10-23-26(21)20(14-27-23)13-25(22)29(2)15-18/h3-11,14,18,22,25,27H,12-13,15-16H2,1-2H3/t18-,22?,25-/m1/s1. The third-order valence-electron chi connectivity index (χ3n) is 7.29. The molecule has 1 N–H and O–H groups in total. The first kappa shape index (κ1) is 18.0. The van der Waals surface area contributed by atoms with Crippen LogP contribution < -0.4 is 0 Å². The molecule has 4 heteroatoms. The molecule has 3 heterocycles. The van der Waals surface area contributed by atoms with Crippen molar-refractivity contribution in [1.82, 2.24) is 19.7 Å². The molecule has 152 valence electrons. The molecule has 0 bridgehead atoms. The number of piperidine rings is 1. The maximum absolute atomic E-state index is 4.96. The second-order valence-corrected chi connectivity index (χ2v) is 9.22. The number of likely N-dealkylation sites (N-methyl/N-ethyl adjacent to an activating group) is 1. The molecule has 30 heavy (non-hydrogen) atoms. The van der Waals surface area contributed by atoms with Gasteiger partial charge in [-0.1, -0.05) is 42.5 Å². The first-order valence-corrected chi connectivity index (χ1v) is 11.1. The Morgan fingerprint density at radius 1 is 1.10 bits per heavy atom. The fraction of sp³-hybridized carbons (Fsp3) is 0.346. The van der Waals surface area contributed by atoms with Crippen molar-refractivity contribution in [2.75, 3.05) is 13.6 Å². The SMILES string of the molecule is Cc1cc(-c2ccccc2)nn1C[C@@H]1CC2c3cccc4[nH]cc(c34)C[C@H]2N(C)C1. The summed E-state index contributed by atoms with van der Waals surface area (Å²) in [5.41, 5.74) is 7.84. The molecule has 1 aliphatic carbocycles. The van der Waals surface area contributed by atoms with Crippen molar-refractivity contribution in [3.05, 3.63) is 77.6 Å². The highest BCUT2D eigenvalue weighted by Gasteiger charge is 2.39. The molecule has 1 saturated heterocycles.